The quantitative estimate of drug-likeness (QED) is 0.708. The van der Waals surface area contributed by atoms with E-state index in [1.165, 1.54) is 32.6 Å². The van der Waals surface area contributed by atoms with E-state index < -0.39 is 0 Å². The van der Waals surface area contributed by atoms with Gasteiger partial charge in [-0.05, 0) is 26.7 Å². The van der Waals surface area contributed by atoms with Gasteiger partial charge in [0.1, 0.15) is 0 Å². The van der Waals surface area contributed by atoms with Crippen LogP contribution in [0.15, 0.2) is 0 Å². The molecule has 0 aromatic rings. The minimum Gasteiger partial charge on any atom is -0.377 e. The number of hydrogen-bond donors (Lipinski definition) is 1. The van der Waals surface area contributed by atoms with E-state index in [9.17, 15) is 0 Å². The summed E-state index contributed by atoms with van der Waals surface area (Å²) < 4.78 is 5.60. The first-order valence-corrected chi connectivity index (χ1v) is 7.49. The molecule has 1 fully saturated rings. The highest BCUT2D eigenvalue weighted by Crippen LogP contribution is 2.09. The van der Waals surface area contributed by atoms with Crippen LogP contribution in [0.25, 0.3) is 0 Å². The molecule has 18 heavy (non-hydrogen) atoms. The van der Waals surface area contributed by atoms with Gasteiger partial charge in [-0.15, -0.1) is 0 Å². The van der Waals surface area contributed by atoms with Gasteiger partial charge < -0.3 is 15.4 Å². The Labute approximate surface area is 112 Å². The second-order valence-electron chi connectivity index (χ2n) is 5.24. The highest BCUT2D eigenvalue weighted by atomic mass is 16.5. The zero-order valence-corrected chi connectivity index (χ0v) is 12.4. The van der Waals surface area contributed by atoms with Crippen LogP contribution in [0.3, 0.4) is 0 Å². The highest BCUT2D eigenvalue weighted by molar-refractivity contribution is 4.76. The first-order valence-electron chi connectivity index (χ1n) is 7.49. The minimum atomic E-state index is 0.239. The summed E-state index contributed by atoms with van der Waals surface area (Å²) in [6, 6.07) is 0.729. The molecule has 1 heterocycles. The maximum absolute atomic E-state index is 5.70. The van der Waals surface area contributed by atoms with Crippen LogP contribution in [0.2, 0.25) is 0 Å². The van der Waals surface area contributed by atoms with E-state index in [0.717, 1.165) is 25.6 Å². The predicted octanol–water partition coefficient (Wildman–Crippen LogP) is 1.16. The zero-order valence-electron chi connectivity index (χ0n) is 12.4. The van der Waals surface area contributed by atoms with Gasteiger partial charge in [0.05, 0.1) is 6.10 Å². The van der Waals surface area contributed by atoms with E-state index in [2.05, 4.69) is 23.6 Å². The van der Waals surface area contributed by atoms with Crippen LogP contribution in [0.4, 0.5) is 0 Å². The second kappa shape index (κ2) is 8.86. The van der Waals surface area contributed by atoms with Crippen molar-refractivity contribution in [2.24, 2.45) is 5.73 Å². The van der Waals surface area contributed by atoms with Crippen molar-refractivity contribution in [1.82, 2.24) is 9.80 Å². The average Bonchev–Trinajstić information content (AvgIpc) is 2.43. The zero-order chi connectivity index (χ0) is 13.4. The van der Waals surface area contributed by atoms with Crippen LogP contribution in [0, 0.1) is 0 Å². The van der Waals surface area contributed by atoms with Crippen molar-refractivity contribution >= 4 is 0 Å². The van der Waals surface area contributed by atoms with Gasteiger partial charge in [-0.3, -0.25) is 4.90 Å². The molecule has 0 aromatic heterocycles. The fourth-order valence-electron chi connectivity index (χ4n) is 2.52. The lowest BCUT2D eigenvalue weighted by Gasteiger charge is -2.38. The summed E-state index contributed by atoms with van der Waals surface area (Å²) in [7, 11) is 0. The third kappa shape index (κ3) is 5.22. The third-order valence-electron chi connectivity index (χ3n) is 4.05. The van der Waals surface area contributed by atoms with E-state index in [4.69, 9.17) is 10.5 Å². The van der Waals surface area contributed by atoms with Crippen molar-refractivity contribution in [3.63, 3.8) is 0 Å². The van der Waals surface area contributed by atoms with Gasteiger partial charge in [0, 0.05) is 51.9 Å². The molecule has 0 spiro atoms. The van der Waals surface area contributed by atoms with Gasteiger partial charge >= 0.3 is 0 Å². The molecule has 1 aliphatic rings. The molecule has 2 N–H and O–H groups in total. The Morgan fingerprint density at radius 1 is 1.17 bits per heavy atom. The molecule has 4 nitrogen and oxygen atoms in total. The van der Waals surface area contributed by atoms with Crippen LogP contribution in [0.1, 0.15) is 33.6 Å². The molecule has 2 unspecified atom stereocenters. The molecule has 0 aliphatic carbocycles. The fourth-order valence-corrected chi connectivity index (χ4v) is 2.52. The Balaban J connectivity index is 2.19. The maximum Gasteiger partial charge on any atom is 0.0709 e. The van der Waals surface area contributed by atoms with Gasteiger partial charge in [0.15, 0.2) is 0 Å². The number of nitrogens with zero attached hydrogens (tertiary/aromatic N) is 2. The molecular formula is C14H31N3O. The van der Waals surface area contributed by atoms with Crippen LogP contribution >= 0.6 is 0 Å². The molecule has 4 heteroatoms. The second-order valence-corrected chi connectivity index (χ2v) is 5.24. The molecule has 0 aromatic carbocycles. The molecule has 1 saturated heterocycles. The molecule has 0 bridgehead atoms. The lowest BCUT2D eigenvalue weighted by atomic mass is 10.1. The molecule has 1 rings (SSSR count). The van der Waals surface area contributed by atoms with Gasteiger partial charge in [-0.25, -0.2) is 0 Å². The van der Waals surface area contributed by atoms with Crippen molar-refractivity contribution in [2.45, 2.75) is 45.8 Å². The van der Waals surface area contributed by atoms with E-state index >= 15 is 0 Å². The summed E-state index contributed by atoms with van der Waals surface area (Å²) in [5.41, 5.74) is 5.70. The number of ether oxygens (including phenoxy) is 1. The molecule has 108 valence electrons. The fraction of sp³-hybridized carbons (Fsp3) is 1.00. The largest absolute Gasteiger partial charge is 0.377 e. The van der Waals surface area contributed by atoms with Crippen LogP contribution < -0.4 is 5.73 Å². The molecule has 2 atom stereocenters. The summed E-state index contributed by atoms with van der Waals surface area (Å²) in [4.78, 5) is 5.14. The van der Waals surface area contributed by atoms with Crippen LogP contribution in [0.5, 0.6) is 0 Å². The van der Waals surface area contributed by atoms with E-state index in [-0.39, 0.29) is 6.10 Å². The van der Waals surface area contributed by atoms with Crippen molar-refractivity contribution in [3.8, 4) is 0 Å². The molecule has 1 aliphatic heterocycles. The van der Waals surface area contributed by atoms with E-state index in [1.807, 2.05) is 6.92 Å². The first kappa shape index (κ1) is 15.9. The van der Waals surface area contributed by atoms with Gasteiger partial charge in [0.25, 0.3) is 0 Å². The summed E-state index contributed by atoms with van der Waals surface area (Å²) in [5.74, 6) is 0. The molecular weight excluding hydrogens is 226 g/mol. The third-order valence-corrected chi connectivity index (χ3v) is 4.05. The lowest BCUT2D eigenvalue weighted by Crippen LogP contribution is -2.50. The standard InChI is InChI=1S/C14H31N3O/c1-4-13(3)17-10-8-16(9-11-17)7-6-14(12-15)18-5-2/h13-14H,4-12,15H2,1-3H3. The smallest absolute Gasteiger partial charge is 0.0709 e. The Kier molecular flexibility index (Phi) is 7.82. The highest BCUT2D eigenvalue weighted by Gasteiger charge is 2.20. The first-order chi connectivity index (χ1) is 8.71. The number of rotatable bonds is 8. The normalized spacial score (nSPS) is 22.0. The van der Waals surface area contributed by atoms with E-state index in [1.54, 1.807) is 0 Å². The van der Waals surface area contributed by atoms with Crippen molar-refractivity contribution in [1.29, 1.82) is 0 Å². The SMILES string of the molecule is CCOC(CN)CCN1CCN(C(C)CC)CC1. The topological polar surface area (TPSA) is 41.7 Å². The van der Waals surface area contributed by atoms with Gasteiger partial charge in [-0.2, -0.15) is 0 Å². The summed E-state index contributed by atoms with van der Waals surface area (Å²) >= 11 is 0. The van der Waals surface area contributed by atoms with Crippen LogP contribution in [-0.4, -0.2) is 67.8 Å². The molecule has 0 amide bonds. The molecule has 0 saturated carbocycles. The van der Waals surface area contributed by atoms with Crippen molar-refractivity contribution < 1.29 is 4.74 Å². The minimum absolute atomic E-state index is 0.239. The van der Waals surface area contributed by atoms with Gasteiger partial charge in [-0.1, -0.05) is 6.92 Å². The summed E-state index contributed by atoms with van der Waals surface area (Å²) in [5, 5.41) is 0. The number of nitrogens with two attached hydrogens (primary N) is 1. The van der Waals surface area contributed by atoms with Gasteiger partial charge in [0.2, 0.25) is 0 Å². The average molecular weight is 257 g/mol. The van der Waals surface area contributed by atoms with Crippen molar-refractivity contribution in [3.05, 3.63) is 0 Å². The Morgan fingerprint density at radius 3 is 2.33 bits per heavy atom. The van der Waals surface area contributed by atoms with Crippen molar-refractivity contribution in [2.75, 3.05) is 45.9 Å². The summed E-state index contributed by atoms with van der Waals surface area (Å²) in [6.45, 7) is 13.9. The number of piperazine rings is 1. The Hall–Kier alpha value is -0.160. The summed E-state index contributed by atoms with van der Waals surface area (Å²) in [6.07, 6.45) is 2.55. The monoisotopic (exact) mass is 257 g/mol. The Bertz CT molecular complexity index is 205. The predicted molar refractivity (Wildman–Crippen MR) is 76.9 cm³/mol. The van der Waals surface area contributed by atoms with Crippen LogP contribution in [-0.2, 0) is 4.74 Å². The van der Waals surface area contributed by atoms with E-state index in [0.29, 0.717) is 6.54 Å². The lowest BCUT2D eigenvalue weighted by molar-refractivity contribution is 0.0435. The number of hydrogen-bond acceptors (Lipinski definition) is 4. The molecule has 0 radical (unpaired) electrons. The Morgan fingerprint density at radius 2 is 1.83 bits per heavy atom. The maximum atomic E-state index is 5.70.